The van der Waals surface area contributed by atoms with Crippen molar-refractivity contribution in [2.75, 3.05) is 6.61 Å². The highest BCUT2D eigenvalue weighted by molar-refractivity contribution is 5.96. The van der Waals surface area contributed by atoms with E-state index in [-0.39, 0.29) is 23.7 Å². The SMILES string of the molecule is CCOc1ccc(F)c(-c2n[nH]nc2C(N)=O)c1F. The molecule has 2 rings (SSSR count). The van der Waals surface area contributed by atoms with Crippen LogP contribution in [-0.2, 0) is 0 Å². The minimum atomic E-state index is -0.960. The summed E-state index contributed by atoms with van der Waals surface area (Å²) >= 11 is 0. The molecule has 3 N–H and O–H groups in total. The van der Waals surface area contributed by atoms with Crippen LogP contribution in [0.15, 0.2) is 12.1 Å². The summed E-state index contributed by atoms with van der Waals surface area (Å²) in [6.07, 6.45) is 0. The number of aromatic amines is 1. The quantitative estimate of drug-likeness (QED) is 0.872. The lowest BCUT2D eigenvalue weighted by Gasteiger charge is -2.08. The van der Waals surface area contributed by atoms with Crippen LogP contribution in [0.2, 0.25) is 0 Å². The molecule has 1 amide bonds. The number of primary amides is 1. The van der Waals surface area contributed by atoms with E-state index in [4.69, 9.17) is 10.5 Å². The van der Waals surface area contributed by atoms with E-state index in [1.807, 2.05) is 0 Å². The highest BCUT2D eigenvalue weighted by Crippen LogP contribution is 2.31. The van der Waals surface area contributed by atoms with Gasteiger partial charge in [-0.15, -0.1) is 0 Å². The first-order valence-corrected chi connectivity index (χ1v) is 5.38. The molecule has 0 fully saturated rings. The maximum atomic E-state index is 14.1. The first-order chi connectivity index (χ1) is 9.06. The third kappa shape index (κ3) is 2.24. The molecule has 0 atom stereocenters. The predicted molar refractivity (Wildman–Crippen MR) is 61.4 cm³/mol. The molecule has 100 valence electrons. The van der Waals surface area contributed by atoms with Gasteiger partial charge in [0.2, 0.25) is 0 Å². The van der Waals surface area contributed by atoms with E-state index in [0.29, 0.717) is 0 Å². The van der Waals surface area contributed by atoms with Gasteiger partial charge in [0.1, 0.15) is 11.5 Å². The molecule has 0 radical (unpaired) electrons. The molecule has 0 aliphatic carbocycles. The highest BCUT2D eigenvalue weighted by Gasteiger charge is 2.24. The number of hydrogen-bond donors (Lipinski definition) is 2. The van der Waals surface area contributed by atoms with Crippen LogP contribution < -0.4 is 10.5 Å². The van der Waals surface area contributed by atoms with Crippen molar-refractivity contribution in [2.24, 2.45) is 5.73 Å². The second kappa shape index (κ2) is 5.01. The van der Waals surface area contributed by atoms with Gasteiger partial charge in [-0.3, -0.25) is 4.79 Å². The van der Waals surface area contributed by atoms with Crippen molar-refractivity contribution in [1.82, 2.24) is 15.4 Å². The summed E-state index contributed by atoms with van der Waals surface area (Å²) in [5, 5.41) is 9.13. The van der Waals surface area contributed by atoms with Crippen LogP contribution in [0.3, 0.4) is 0 Å². The Morgan fingerprint density at radius 1 is 1.42 bits per heavy atom. The Labute approximate surface area is 106 Å². The molecule has 0 unspecified atom stereocenters. The van der Waals surface area contributed by atoms with E-state index in [1.165, 1.54) is 0 Å². The molecule has 8 heteroatoms. The van der Waals surface area contributed by atoms with Crippen molar-refractivity contribution in [3.05, 3.63) is 29.5 Å². The lowest BCUT2D eigenvalue weighted by molar-refractivity contribution is 0.0996. The van der Waals surface area contributed by atoms with Gasteiger partial charge < -0.3 is 10.5 Å². The Balaban J connectivity index is 2.64. The Morgan fingerprint density at radius 3 is 2.79 bits per heavy atom. The molecule has 6 nitrogen and oxygen atoms in total. The minimum Gasteiger partial charge on any atom is -0.491 e. The average Bonchev–Trinajstić information content (AvgIpc) is 2.82. The topological polar surface area (TPSA) is 93.9 Å². The highest BCUT2D eigenvalue weighted by atomic mass is 19.1. The molecule has 0 aliphatic rings. The second-order valence-corrected chi connectivity index (χ2v) is 3.55. The third-order valence-corrected chi connectivity index (χ3v) is 2.37. The van der Waals surface area contributed by atoms with Gasteiger partial charge in [0.05, 0.1) is 12.2 Å². The van der Waals surface area contributed by atoms with Crippen LogP contribution in [-0.4, -0.2) is 27.9 Å². The molecule has 0 aliphatic heterocycles. The van der Waals surface area contributed by atoms with Crippen LogP contribution >= 0.6 is 0 Å². The maximum Gasteiger partial charge on any atom is 0.271 e. The average molecular weight is 268 g/mol. The van der Waals surface area contributed by atoms with Crippen molar-refractivity contribution < 1.29 is 18.3 Å². The van der Waals surface area contributed by atoms with Gasteiger partial charge in [-0.2, -0.15) is 15.4 Å². The minimum absolute atomic E-state index is 0.141. The summed E-state index contributed by atoms with van der Waals surface area (Å²) in [6.45, 7) is 1.87. The Kier molecular flexibility index (Phi) is 3.41. The number of ether oxygens (including phenoxy) is 1. The summed E-state index contributed by atoms with van der Waals surface area (Å²) in [5.74, 6) is -2.93. The molecule has 0 saturated carbocycles. The summed E-state index contributed by atoms with van der Waals surface area (Å²) < 4.78 is 32.9. The second-order valence-electron chi connectivity index (χ2n) is 3.55. The van der Waals surface area contributed by atoms with Crippen LogP contribution in [0.1, 0.15) is 17.4 Å². The number of amides is 1. The van der Waals surface area contributed by atoms with Crippen LogP contribution in [0.5, 0.6) is 5.75 Å². The number of carbonyl (C=O) groups is 1. The van der Waals surface area contributed by atoms with Gasteiger partial charge in [0, 0.05) is 0 Å². The Hall–Kier alpha value is -2.51. The first-order valence-electron chi connectivity index (χ1n) is 5.38. The molecule has 0 bridgehead atoms. The van der Waals surface area contributed by atoms with Gasteiger partial charge in [-0.25, -0.2) is 8.78 Å². The Morgan fingerprint density at radius 2 is 2.16 bits per heavy atom. The normalized spacial score (nSPS) is 10.5. The van der Waals surface area contributed by atoms with Crippen molar-refractivity contribution in [1.29, 1.82) is 0 Å². The molecule has 0 saturated heterocycles. The van der Waals surface area contributed by atoms with E-state index >= 15 is 0 Å². The molecule has 1 heterocycles. The van der Waals surface area contributed by atoms with Gasteiger partial charge in [0.25, 0.3) is 5.91 Å². The molecular weight excluding hydrogens is 258 g/mol. The van der Waals surface area contributed by atoms with Gasteiger partial charge in [-0.1, -0.05) is 0 Å². The first kappa shape index (κ1) is 12.9. The summed E-state index contributed by atoms with van der Waals surface area (Å²) in [7, 11) is 0. The number of carbonyl (C=O) groups excluding carboxylic acids is 1. The van der Waals surface area contributed by atoms with Crippen molar-refractivity contribution in [3.63, 3.8) is 0 Å². The van der Waals surface area contributed by atoms with Gasteiger partial charge in [0.15, 0.2) is 17.3 Å². The fraction of sp³-hybridized carbons (Fsp3) is 0.182. The van der Waals surface area contributed by atoms with Crippen LogP contribution in [0.25, 0.3) is 11.3 Å². The summed E-state index contributed by atoms with van der Waals surface area (Å²) in [6, 6.07) is 2.17. The summed E-state index contributed by atoms with van der Waals surface area (Å²) in [4.78, 5) is 11.1. The van der Waals surface area contributed by atoms with Gasteiger partial charge >= 0.3 is 0 Å². The lowest BCUT2D eigenvalue weighted by Crippen LogP contribution is -2.13. The monoisotopic (exact) mass is 268 g/mol. The van der Waals surface area contributed by atoms with Crippen molar-refractivity contribution in [3.8, 4) is 17.0 Å². The predicted octanol–water partition coefficient (Wildman–Crippen LogP) is 1.25. The van der Waals surface area contributed by atoms with Crippen molar-refractivity contribution >= 4 is 5.91 Å². The largest absolute Gasteiger partial charge is 0.491 e. The molecule has 1 aromatic carbocycles. The number of nitrogens with one attached hydrogen (secondary N) is 1. The van der Waals surface area contributed by atoms with Gasteiger partial charge in [-0.05, 0) is 19.1 Å². The number of nitrogens with zero attached hydrogens (tertiary/aromatic N) is 2. The molecule has 19 heavy (non-hydrogen) atoms. The number of hydrogen-bond acceptors (Lipinski definition) is 4. The zero-order valence-electron chi connectivity index (χ0n) is 9.91. The fourth-order valence-corrected chi connectivity index (χ4v) is 1.59. The lowest BCUT2D eigenvalue weighted by atomic mass is 10.1. The summed E-state index contributed by atoms with van der Waals surface area (Å²) in [5.41, 5.74) is 3.92. The van der Waals surface area contributed by atoms with E-state index in [2.05, 4.69) is 15.4 Å². The zero-order valence-corrected chi connectivity index (χ0v) is 9.91. The number of aromatic nitrogens is 3. The maximum absolute atomic E-state index is 14.1. The number of benzene rings is 1. The number of halogens is 2. The van der Waals surface area contributed by atoms with Crippen LogP contribution in [0.4, 0.5) is 8.78 Å². The third-order valence-electron chi connectivity index (χ3n) is 2.37. The number of H-pyrrole nitrogens is 1. The molecular formula is C11H10F2N4O2. The smallest absolute Gasteiger partial charge is 0.271 e. The van der Waals surface area contributed by atoms with Crippen LogP contribution in [0, 0.1) is 11.6 Å². The number of rotatable bonds is 4. The number of nitrogens with two attached hydrogens (primary N) is 1. The van der Waals surface area contributed by atoms with E-state index < -0.39 is 23.1 Å². The van der Waals surface area contributed by atoms with Crippen molar-refractivity contribution in [2.45, 2.75) is 6.92 Å². The molecule has 1 aromatic heterocycles. The Bertz CT molecular complexity index is 627. The molecule has 0 spiro atoms. The van der Waals surface area contributed by atoms with E-state index in [9.17, 15) is 13.6 Å². The zero-order chi connectivity index (χ0) is 14.0. The molecule has 2 aromatic rings. The fourth-order valence-electron chi connectivity index (χ4n) is 1.59. The van der Waals surface area contributed by atoms with E-state index in [0.717, 1.165) is 12.1 Å². The standard InChI is InChI=1S/C11H10F2N4O2/c1-2-19-6-4-3-5(12)7(8(6)13)9-10(11(14)18)16-17-15-9/h3-4H,2H2,1H3,(H2,14,18)(H,15,16,17). The van der Waals surface area contributed by atoms with E-state index in [1.54, 1.807) is 6.92 Å².